The number of aliphatic hydroxyl groups excluding tert-OH is 3. The molecular weight excluding hydrogens is 857 g/mol. The Kier molecular flexibility index (Phi) is 18.7. The van der Waals surface area contributed by atoms with Crippen LogP contribution in [0, 0.1) is 0 Å². The SMILES string of the molecule is O=C(CN1CCCC(O)C1)Nc1sc2c(c1C(=O)c1ccc(Cl)cc1)CCOC2.O=C(CN1CCCC(O)C1)Nc1sc2c(c1C(O)c1ccc(Cl)cc1)CCOC2.[B].[H-].[Na+]. The molecule has 2 fully saturated rings. The molecule has 8 rings (SSSR count). The van der Waals surface area contributed by atoms with Gasteiger partial charge in [-0.15, -0.1) is 22.7 Å². The zero-order valence-electron chi connectivity index (χ0n) is 34.6. The van der Waals surface area contributed by atoms with Gasteiger partial charge in [-0.25, -0.2) is 0 Å². The minimum Gasteiger partial charge on any atom is -1.00 e. The smallest absolute Gasteiger partial charge is 1.00 e. The Morgan fingerprint density at radius 2 is 1.25 bits per heavy atom. The van der Waals surface area contributed by atoms with Crippen molar-refractivity contribution in [1.29, 1.82) is 0 Å². The minimum atomic E-state index is -0.850. The van der Waals surface area contributed by atoms with Crippen molar-refractivity contribution in [3.8, 4) is 0 Å². The molecule has 5 N–H and O–H groups in total. The number of rotatable bonds is 10. The first-order chi connectivity index (χ1) is 28.0. The van der Waals surface area contributed by atoms with Crippen molar-refractivity contribution in [3.05, 3.63) is 102 Å². The first kappa shape index (κ1) is 48.8. The van der Waals surface area contributed by atoms with Gasteiger partial charge in [-0.05, 0) is 105 Å². The van der Waals surface area contributed by atoms with Gasteiger partial charge in [-0.3, -0.25) is 24.2 Å². The predicted octanol–water partition coefficient (Wildman–Crippen LogP) is 2.79. The molecule has 4 aromatic rings. The summed E-state index contributed by atoms with van der Waals surface area (Å²) >= 11 is 14.8. The molecule has 0 bridgehead atoms. The number of halogens is 2. The fourth-order valence-electron chi connectivity index (χ4n) is 7.84. The number of benzene rings is 2. The summed E-state index contributed by atoms with van der Waals surface area (Å²) in [6.45, 7) is 5.14. The number of ether oxygens (including phenoxy) is 2. The molecule has 3 unspecified atom stereocenters. The molecule has 2 saturated heterocycles. The number of aliphatic hydroxyl groups is 3. The number of hydrogen-bond acceptors (Lipinski definition) is 12. The molecule has 4 aliphatic rings. The standard InChI is InChI=1S/C21H25ClN2O4S.C21H23ClN2O4S.B.Na.H/c2*22-14-5-3-13(4-6-14)20(27)19-16-7-9-28-12-17(16)29-21(19)23-18(26)11-24-8-1-2-15(25)10-24;;;/h3-6,15,20,25,27H,1-2,7-12H2,(H,23,26);3-6,15,25H,1-2,7-12H2,(H,23,26);;;/q;;;+1;-1. The van der Waals surface area contributed by atoms with E-state index in [1.807, 2.05) is 9.80 Å². The van der Waals surface area contributed by atoms with E-state index in [9.17, 15) is 29.7 Å². The quantitative estimate of drug-likeness (QED) is 0.118. The van der Waals surface area contributed by atoms with Gasteiger partial charge in [0.25, 0.3) is 0 Å². The van der Waals surface area contributed by atoms with Crippen LogP contribution in [0.4, 0.5) is 10.0 Å². The van der Waals surface area contributed by atoms with Gasteiger partial charge in [0.05, 0.1) is 57.3 Å². The van der Waals surface area contributed by atoms with Crippen LogP contribution in [-0.4, -0.2) is 116 Å². The largest absolute Gasteiger partial charge is 1.00 e. The third-order valence-corrected chi connectivity index (χ3v) is 13.4. The number of fused-ring (bicyclic) bond motifs is 2. The van der Waals surface area contributed by atoms with E-state index in [1.165, 1.54) is 22.7 Å². The van der Waals surface area contributed by atoms with Gasteiger partial charge in [-0.1, -0.05) is 35.3 Å². The predicted molar refractivity (Wildman–Crippen MR) is 233 cm³/mol. The average molecular weight is 907 g/mol. The van der Waals surface area contributed by atoms with Crippen molar-refractivity contribution in [1.82, 2.24) is 9.80 Å². The van der Waals surface area contributed by atoms with E-state index in [2.05, 4.69) is 10.6 Å². The van der Waals surface area contributed by atoms with Crippen molar-refractivity contribution in [2.45, 2.75) is 70.1 Å². The first-order valence-electron chi connectivity index (χ1n) is 19.6. The normalized spacial score (nSPS) is 19.6. The Balaban J connectivity index is 0.000000256. The maximum absolute atomic E-state index is 13.3. The molecule has 0 aliphatic carbocycles. The van der Waals surface area contributed by atoms with Crippen LogP contribution in [0.2, 0.25) is 10.0 Å². The summed E-state index contributed by atoms with van der Waals surface area (Å²) in [6.07, 6.45) is 3.07. The van der Waals surface area contributed by atoms with Gasteiger partial charge >= 0.3 is 29.6 Å². The second-order valence-electron chi connectivity index (χ2n) is 15.0. The van der Waals surface area contributed by atoms with Gasteiger partial charge in [0, 0.05) is 52.4 Å². The minimum absolute atomic E-state index is 0. The van der Waals surface area contributed by atoms with E-state index in [0.29, 0.717) is 83.5 Å². The molecule has 18 heteroatoms. The van der Waals surface area contributed by atoms with E-state index in [-0.39, 0.29) is 82.3 Å². The number of thiophene rings is 2. The number of carbonyl (C=O) groups excluding carboxylic acids is 3. The number of piperidine rings is 2. The average Bonchev–Trinajstić information content (AvgIpc) is 3.75. The second kappa shape index (κ2) is 23.0. The Labute approximate surface area is 393 Å². The number of β-amino-alcohol motifs (C(OH)–C–C–N with tert-alkyl or cyclic N) is 2. The molecule has 2 amide bonds. The topological polar surface area (TPSA) is 161 Å². The number of amides is 2. The first-order valence-corrected chi connectivity index (χ1v) is 22.0. The van der Waals surface area contributed by atoms with Gasteiger partial charge in [0.15, 0.2) is 5.78 Å². The molecule has 0 spiro atoms. The summed E-state index contributed by atoms with van der Waals surface area (Å²) in [5, 5.41) is 39.1. The van der Waals surface area contributed by atoms with Gasteiger partial charge < -0.3 is 36.9 Å². The van der Waals surface area contributed by atoms with E-state index < -0.39 is 6.10 Å². The fourth-order valence-corrected chi connectivity index (χ4v) is 10.5. The van der Waals surface area contributed by atoms with Crippen LogP contribution in [0.15, 0.2) is 48.5 Å². The Bertz CT molecular complexity index is 2100. The maximum Gasteiger partial charge on any atom is 1.00 e. The summed E-state index contributed by atoms with van der Waals surface area (Å²) in [6, 6.07) is 13.9. The summed E-state index contributed by atoms with van der Waals surface area (Å²) in [5.74, 6) is -0.434. The van der Waals surface area contributed by atoms with Gasteiger partial charge in [0.2, 0.25) is 11.8 Å². The molecule has 12 nitrogen and oxygen atoms in total. The summed E-state index contributed by atoms with van der Waals surface area (Å²) in [5.41, 5.74) is 4.61. The van der Waals surface area contributed by atoms with E-state index >= 15 is 0 Å². The number of likely N-dealkylation sites (tertiary alicyclic amines) is 2. The summed E-state index contributed by atoms with van der Waals surface area (Å²) in [4.78, 5) is 44.6. The van der Waals surface area contributed by atoms with E-state index in [4.69, 9.17) is 32.7 Å². The molecule has 0 saturated carbocycles. The monoisotopic (exact) mass is 905 g/mol. The number of hydrogen-bond donors (Lipinski definition) is 5. The van der Waals surface area contributed by atoms with Crippen LogP contribution in [0.1, 0.15) is 81.1 Å². The van der Waals surface area contributed by atoms with E-state index in [1.54, 1.807) is 48.5 Å². The Morgan fingerprint density at radius 1 is 0.767 bits per heavy atom. The zero-order valence-corrected chi connectivity index (χ0v) is 38.7. The van der Waals surface area contributed by atoms with E-state index in [0.717, 1.165) is 70.8 Å². The number of nitrogens with zero attached hydrogens (tertiary/aromatic N) is 2. The van der Waals surface area contributed by atoms with Gasteiger partial charge in [0.1, 0.15) is 16.1 Å². The van der Waals surface area contributed by atoms with Crippen LogP contribution >= 0.6 is 45.9 Å². The van der Waals surface area contributed by atoms with Gasteiger partial charge in [-0.2, -0.15) is 0 Å². The third kappa shape index (κ3) is 12.5. The zero-order chi connectivity index (χ0) is 40.8. The van der Waals surface area contributed by atoms with Crippen molar-refractivity contribution >= 4 is 81.9 Å². The number of ketones is 1. The molecule has 315 valence electrons. The molecule has 3 radical (unpaired) electrons. The molecule has 3 atom stereocenters. The maximum atomic E-state index is 13.3. The third-order valence-electron chi connectivity index (χ3n) is 10.7. The molecule has 6 heterocycles. The van der Waals surface area contributed by atoms with Crippen molar-refractivity contribution < 1.29 is 70.2 Å². The summed E-state index contributed by atoms with van der Waals surface area (Å²) in [7, 11) is 0. The molecule has 4 aliphatic heterocycles. The van der Waals surface area contributed by atoms with Crippen molar-refractivity contribution in [2.75, 3.05) is 63.1 Å². The van der Waals surface area contributed by atoms with Crippen LogP contribution in [0.5, 0.6) is 0 Å². The molecule has 2 aromatic carbocycles. The molecule has 2 aromatic heterocycles. The van der Waals surface area contributed by atoms with Crippen LogP contribution in [0.3, 0.4) is 0 Å². The second-order valence-corrected chi connectivity index (χ2v) is 18.1. The van der Waals surface area contributed by atoms with Crippen LogP contribution < -0.4 is 40.2 Å². The molecular formula is C42H49BCl2N4NaO8S2. The van der Waals surface area contributed by atoms with Crippen molar-refractivity contribution in [3.63, 3.8) is 0 Å². The molecule has 60 heavy (non-hydrogen) atoms. The van der Waals surface area contributed by atoms with Crippen LogP contribution in [-0.2, 0) is 45.1 Å². The number of anilines is 2. The number of nitrogens with one attached hydrogen (secondary N) is 2. The summed E-state index contributed by atoms with van der Waals surface area (Å²) < 4.78 is 11.1. The van der Waals surface area contributed by atoms with Crippen molar-refractivity contribution in [2.24, 2.45) is 0 Å². The Hall–Kier alpha value is -2.19. The number of carbonyl (C=O) groups is 3. The Morgan fingerprint density at radius 3 is 1.80 bits per heavy atom. The van der Waals surface area contributed by atoms with Crippen LogP contribution in [0.25, 0.3) is 0 Å². The fraction of sp³-hybridized carbons (Fsp3) is 0.452.